The van der Waals surface area contributed by atoms with Crippen molar-refractivity contribution < 1.29 is 15.0 Å². The van der Waals surface area contributed by atoms with Gasteiger partial charge in [-0.15, -0.1) is 22.7 Å². The van der Waals surface area contributed by atoms with Crippen LogP contribution in [-0.4, -0.2) is 16.2 Å². The van der Waals surface area contributed by atoms with Crippen LogP contribution < -0.4 is 4.90 Å². The van der Waals surface area contributed by atoms with Crippen molar-refractivity contribution in [2.45, 2.75) is 0 Å². The normalized spacial score (nSPS) is 11.6. The minimum Gasteiger partial charge on any atom is -0.502 e. The minimum absolute atomic E-state index is 0.665. The van der Waals surface area contributed by atoms with E-state index in [0.717, 1.165) is 32.4 Å². The third-order valence-electron chi connectivity index (χ3n) is 5.62. The van der Waals surface area contributed by atoms with Gasteiger partial charge in [0.15, 0.2) is 0 Å². The van der Waals surface area contributed by atoms with Crippen LogP contribution in [0.3, 0.4) is 0 Å². The third kappa shape index (κ3) is 5.89. The number of hydrogen-bond donors (Lipinski definition) is 2. The average molecular weight is 522 g/mol. The highest BCUT2D eigenvalue weighted by Crippen LogP contribution is 2.36. The van der Waals surface area contributed by atoms with E-state index in [0.29, 0.717) is 4.88 Å². The second-order valence-electron chi connectivity index (χ2n) is 8.16. The number of aliphatic hydroxyl groups excluding tert-OH is 1. The van der Waals surface area contributed by atoms with Gasteiger partial charge in [-0.1, -0.05) is 48.5 Å². The van der Waals surface area contributed by atoms with Crippen LogP contribution >= 0.6 is 22.7 Å². The number of aliphatic hydroxyl groups is 1. The van der Waals surface area contributed by atoms with Crippen LogP contribution in [-0.2, 0) is 4.79 Å². The Bertz CT molecular complexity index is 1510. The molecule has 0 atom stereocenters. The molecule has 0 radical (unpaired) electrons. The maximum atomic E-state index is 10.8. The summed E-state index contributed by atoms with van der Waals surface area (Å²) in [7, 11) is 0. The molecule has 2 N–H and O–H groups in total. The van der Waals surface area contributed by atoms with Crippen LogP contribution in [0.25, 0.3) is 28.7 Å². The minimum atomic E-state index is -1.34. The molecule has 0 aliphatic rings. The third-order valence-corrected chi connectivity index (χ3v) is 7.72. The van der Waals surface area contributed by atoms with Crippen molar-refractivity contribution in [3.8, 4) is 10.4 Å². The zero-order valence-electron chi connectivity index (χ0n) is 19.7. The number of anilines is 3. The number of aliphatic carboxylic acids is 1. The molecule has 0 aliphatic carbocycles. The summed E-state index contributed by atoms with van der Waals surface area (Å²) in [6.45, 7) is 0. The van der Waals surface area contributed by atoms with Crippen LogP contribution in [0, 0.1) is 0 Å². The van der Waals surface area contributed by atoms with Crippen LogP contribution in [0.1, 0.15) is 14.6 Å². The first-order valence-electron chi connectivity index (χ1n) is 11.6. The molecule has 2 aromatic heterocycles. The lowest BCUT2D eigenvalue weighted by Crippen LogP contribution is -2.09. The summed E-state index contributed by atoms with van der Waals surface area (Å²) in [5.74, 6) is -2.00. The standard InChI is InChI=1S/C31H23NO3S2/c33-29(31(34)35)21-28-18-17-26(36-28)15-16-27-19-20-30(37-27)22-11-13-25(14-12-22)32(23-7-3-1-4-8-23)24-9-5-2-6-10-24/h1-21,33H,(H,34,35)/b16-15+,29-21-. The number of rotatable bonds is 8. The molecular formula is C31H23NO3S2. The number of para-hydroxylation sites is 2. The lowest BCUT2D eigenvalue weighted by molar-refractivity contribution is -0.135. The van der Waals surface area contributed by atoms with E-state index in [-0.39, 0.29) is 0 Å². The van der Waals surface area contributed by atoms with Gasteiger partial charge in [-0.3, -0.25) is 0 Å². The zero-order valence-corrected chi connectivity index (χ0v) is 21.3. The Balaban J connectivity index is 1.34. The van der Waals surface area contributed by atoms with Crippen molar-refractivity contribution in [1.29, 1.82) is 0 Å². The fraction of sp³-hybridized carbons (Fsp3) is 0. The molecule has 2 heterocycles. The van der Waals surface area contributed by atoms with Gasteiger partial charge in [-0.05, 0) is 78.4 Å². The molecule has 3 aromatic carbocycles. The molecule has 0 spiro atoms. The van der Waals surface area contributed by atoms with Crippen LogP contribution in [0.5, 0.6) is 0 Å². The van der Waals surface area contributed by atoms with Gasteiger partial charge in [-0.25, -0.2) is 4.79 Å². The molecule has 0 saturated carbocycles. The Hall–Kier alpha value is -4.39. The SMILES string of the molecule is O=C(O)/C(O)=C/c1ccc(/C=C/c2ccc(-c3ccc(N(c4ccccc4)c4ccccc4)cc3)s2)s1. The highest BCUT2D eigenvalue weighted by atomic mass is 32.1. The monoisotopic (exact) mass is 521 g/mol. The highest BCUT2D eigenvalue weighted by Gasteiger charge is 2.12. The van der Waals surface area contributed by atoms with Crippen molar-refractivity contribution in [3.05, 3.63) is 130 Å². The summed E-state index contributed by atoms with van der Waals surface area (Å²) >= 11 is 3.12. The number of carbonyl (C=O) groups is 1. The van der Waals surface area contributed by atoms with E-state index < -0.39 is 11.7 Å². The largest absolute Gasteiger partial charge is 0.502 e. The fourth-order valence-corrected chi connectivity index (χ4v) is 5.64. The van der Waals surface area contributed by atoms with Crippen molar-refractivity contribution in [2.75, 3.05) is 4.90 Å². The lowest BCUT2D eigenvalue weighted by atomic mass is 10.1. The van der Waals surface area contributed by atoms with E-state index in [1.165, 1.54) is 22.3 Å². The van der Waals surface area contributed by atoms with Crippen LogP contribution in [0.2, 0.25) is 0 Å². The molecule has 5 aromatic rings. The Morgan fingerprint density at radius 1 is 0.595 bits per heavy atom. The number of thiophene rings is 2. The van der Waals surface area contributed by atoms with Gasteiger partial charge in [0.2, 0.25) is 5.76 Å². The van der Waals surface area contributed by atoms with E-state index >= 15 is 0 Å². The van der Waals surface area contributed by atoms with Gasteiger partial charge in [0.25, 0.3) is 0 Å². The maximum absolute atomic E-state index is 10.8. The topological polar surface area (TPSA) is 60.8 Å². The molecule has 0 saturated heterocycles. The molecule has 182 valence electrons. The predicted octanol–water partition coefficient (Wildman–Crippen LogP) is 9.10. The molecule has 0 unspecified atom stereocenters. The van der Waals surface area contributed by atoms with Crippen LogP contribution in [0.15, 0.2) is 115 Å². The van der Waals surface area contributed by atoms with Gasteiger partial charge in [0.05, 0.1) is 0 Å². The Morgan fingerprint density at radius 2 is 1.11 bits per heavy atom. The summed E-state index contributed by atoms with van der Waals surface area (Å²) in [6.07, 6.45) is 5.30. The van der Waals surface area contributed by atoms with Crippen molar-refractivity contribution in [3.63, 3.8) is 0 Å². The van der Waals surface area contributed by atoms with E-state index in [4.69, 9.17) is 5.11 Å². The maximum Gasteiger partial charge on any atom is 0.370 e. The molecule has 4 nitrogen and oxygen atoms in total. The number of nitrogens with zero attached hydrogens (tertiary/aromatic N) is 1. The second kappa shape index (κ2) is 11.1. The molecule has 0 aliphatic heterocycles. The predicted molar refractivity (Wildman–Crippen MR) is 156 cm³/mol. The quantitative estimate of drug-likeness (QED) is 0.158. The summed E-state index contributed by atoms with van der Waals surface area (Å²) in [5, 5.41) is 18.2. The van der Waals surface area contributed by atoms with E-state index in [1.54, 1.807) is 17.4 Å². The van der Waals surface area contributed by atoms with Gasteiger partial charge >= 0.3 is 5.97 Å². The molecule has 0 amide bonds. The van der Waals surface area contributed by atoms with E-state index in [2.05, 4.69) is 65.6 Å². The van der Waals surface area contributed by atoms with E-state index in [9.17, 15) is 9.90 Å². The molecular weight excluding hydrogens is 498 g/mol. The molecule has 0 fully saturated rings. The first kappa shape index (κ1) is 24.3. The van der Waals surface area contributed by atoms with Gasteiger partial charge in [0, 0.05) is 42.6 Å². The molecule has 37 heavy (non-hydrogen) atoms. The summed E-state index contributed by atoms with van der Waals surface area (Å²) in [5.41, 5.74) is 4.46. The number of benzene rings is 3. The Labute approximate surface area is 223 Å². The summed E-state index contributed by atoms with van der Waals surface area (Å²) in [4.78, 5) is 17.0. The zero-order chi connectivity index (χ0) is 25.6. The fourth-order valence-electron chi connectivity index (χ4n) is 3.87. The number of carboxylic acids is 1. The van der Waals surface area contributed by atoms with Gasteiger partial charge < -0.3 is 15.1 Å². The summed E-state index contributed by atoms with van der Waals surface area (Å²) in [6, 6.07) is 37.2. The molecule has 5 rings (SSSR count). The smallest absolute Gasteiger partial charge is 0.370 e. The first-order valence-corrected chi connectivity index (χ1v) is 13.2. The number of hydrogen-bond acceptors (Lipinski definition) is 5. The molecule has 0 bridgehead atoms. The lowest BCUT2D eigenvalue weighted by Gasteiger charge is -2.25. The van der Waals surface area contributed by atoms with E-state index in [1.807, 2.05) is 54.6 Å². The van der Waals surface area contributed by atoms with Gasteiger partial charge in [0.1, 0.15) is 0 Å². The molecule has 6 heteroatoms. The Morgan fingerprint density at radius 3 is 1.70 bits per heavy atom. The highest BCUT2D eigenvalue weighted by molar-refractivity contribution is 7.16. The van der Waals surface area contributed by atoms with Crippen molar-refractivity contribution in [1.82, 2.24) is 0 Å². The van der Waals surface area contributed by atoms with Crippen molar-refractivity contribution in [2.24, 2.45) is 0 Å². The number of carboxylic acid groups (broad SMARTS) is 1. The van der Waals surface area contributed by atoms with Gasteiger partial charge in [-0.2, -0.15) is 0 Å². The van der Waals surface area contributed by atoms with Crippen LogP contribution in [0.4, 0.5) is 17.1 Å². The second-order valence-corrected chi connectivity index (χ2v) is 10.4. The Kier molecular flexibility index (Phi) is 7.31. The first-order chi connectivity index (χ1) is 18.1. The summed E-state index contributed by atoms with van der Waals surface area (Å²) < 4.78 is 0. The van der Waals surface area contributed by atoms with Crippen molar-refractivity contribution >= 4 is 63.9 Å². The average Bonchev–Trinajstić information content (AvgIpc) is 3.59.